The largest absolute Gasteiger partial charge is 0.295 e. The van der Waals surface area contributed by atoms with E-state index in [0.29, 0.717) is 0 Å². The summed E-state index contributed by atoms with van der Waals surface area (Å²) in [7, 11) is -4.52. The number of hydrogen-bond acceptors (Lipinski definition) is 4. The van der Waals surface area contributed by atoms with E-state index in [1.54, 1.807) is 0 Å². The van der Waals surface area contributed by atoms with Crippen molar-refractivity contribution in [2.24, 2.45) is 0 Å². The van der Waals surface area contributed by atoms with E-state index in [1.165, 1.54) is 12.1 Å². The van der Waals surface area contributed by atoms with E-state index in [4.69, 9.17) is 4.55 Å². The highest BCUT2D eigenvalue weighted by atomic mass is 32.2. The summed E-state index contributed by atoms with van der Waals surface area (Å²) < 4.78 is 30.6. The topological polar surface area (TPSA) is 103 Å². The van der Waals surface area contributed by atoms with Gasteiger partial charge in [0.2, 0.25) is 0 Å². The average molecular weight is 226 g/mol. The van der Waals surface area contributed by atoms with E-state index in [-0.39, 0.29) is 11.1 Å². The molecule has 1 aliphatic heterocycles. The molecule has 1 aromatic rings. The number of rotatable bonds is 1. The summed E-state index contributed by atoms with van der Waals surface area (Å²) >= 11 is 0. The van der Waals surface area contributed by atoms with Crippen molar-refractivity contribution in [3.63, 3.8) is 0 Å². The molecule has 0 saturated carbocycles. The maximum Gasteiger partial charge on any atom is 0.295 e. The zero-order valence-corrected chi connectivity index (χ0v) is 7.98. The molecule has 77 valence electrons. The number of nitrogens with zero attached hydrogens (tertiary/aromatic N) is 1. The number of carbonyl (C=O) groups excluding carboxylic acids is 2. The van der Waals surface area contributed by atoms with Gasteiger partial charge in [0, 0.05) is 0 Å². The molecule has 0 spiro atoms. The summed E-state index contributed by atoms with van der Waals surface area (Å²) in [4.78, 5) is 21.7. The van der Waals surface area contributed by atoms with Crippen molar-refractivity contribution in [1.29, 1.82) is 0 Å². The molecule has 1 aromatic carbocycles. The molecular weight excluding hydrogens is 222 g/mol. The van der Waals surface area contributed by atoms with Crippen LogP contribution >= 0.6 is 0 Å². The van der Waals surface area contributed by atoms with Crippen LogP contribution in [0.4, 0.5) is 0 Å². The second kappa shape index (κ2) is 2.88. The van der Waals surface area contributed by atoms with Crippen molar-refractivity contribution in [2.75, 3.05) is 0 Å². The molecule has 0 aromatic heterocycles. The van der Waals surface area contributed by atoms with Crippen LogP contribution in [-0.4, -0.2) is 24.8 Å². The van der Waals surface area contributed by atoms with Gasteiger partial charge in [-0.15, -0.1) is 0 Å². The van der Waals surface area contributed by atoms with Gasteiger partial charge >= 0.3 is 0 Å². The van der Waals surface area contributed by atoms with E-state index in [9.17, 15) is 18.0 Å². The third kappa shape index (κ3) is 1.41. The molecule has 0 fully saturated rings. The number of imide groups is 1. The van der Waals surface area contributed by atoms with Gasteiger partial charge < -0.3 is 0 Å². The van der Waals surface area contributed by atoms with Crippen molar-refractivity contribution in [2.45, 2.75) is 4.90 Å². The molecule has 0 aliphatic carbocycles. The van der Waals surface area contributed by atoms with Gasteiger partial charge in [0.05, 0.1) is 11.1 Å². The van der Waals surface area contributed by atoms with Crippen molar-refractivity contribution in [1.82, 2.24) is 5.32 Å². The standard InChI is InChI=1S/C8H4NO5S/c10-7-4-2-1-3-5(15(12,13)14)6(4)8(11)9-7/h1-3H,(H,12,13,14). The predicted octanol–water partition coefficient (Wildman–Crippen LogP) is -0.168. The van der Waals surface area contributed by atoms with Crippen LogP contribution < -0.4 is 5.32 Å². The zero-order valence-electron chi connectivity index (χ0n) is 7.17. The smallest absolute Gasteiger partial charge is 0.282 e. The Morgan fingerprint density at radius 1 is 1.13 bits per heavy atom. The first-order valence-corrected chi connectivity index (χ1v) is 5.26. The molecule has 0 unspecified atom stereocenters. The van der Waals surface area contributed by atoms with E-state index in [0.717, 1.165) is 6.07 Å². The quantitative estimate of drug-likeness (QED) is 0.529. The van der Waals surface area contributed by atoms with Gasteiger partial charge in [0.15, 0.2) is 0 Å². The molecule has 7 heteroatoms. The Morgan fingerprint density at radius 2 is 1.80 bits per heavy atom. The van der Waals surface area contributed by atoms with Crippen LogP contribution in [0.25, 0.3) is 0 Å². The van der Waals surface area contributed by atoms with Gasteiger partial charge in [-0.25, -0.2) is 0 Å². The fraction of sp³-hybridized carbons (Fsp3) is 0. The summed E-state index contributed by atoms with van der Waals surface area (Å²) in [5.41, 5.74) is -0.458. The highest BCUT2D eigenvalue weighted by molar-refractivity contribution is 7.86. The molecule has 6 nitrogen and oxygen atoms in total. The van der Waals surface area contributed by atoms with E-state index < -0.39 is 26.8 Å². The number of fused-ring (bicyclic) bond motifs is 1. The summed E-state index contributed by atoms with van der Waals surface area (Å²) in [6, 6.07) is 3.58. The molecule has 0 bridgehead atoms. The lowest BCUT2D eigenvalue weighted by molar-refractivity contribution is 0.0872. The molecule has 1 heterocycles. The Kier molecular flexibility index (Phi) is 1.88. The van der Waals surface area contributed by atoms with E-state index in [1.807, 2.05) is 0 Å². The summed E-state index contributed by atoms with van der Waals surface area (Å²) in [5, 5.41) is 3.08. The van der Waals surface area contributed by atoms with Crippen LogP contribution in [-0.2, 0) is 10.1 Å². The summed E-state index contributed by atoms with van der Waals surface area (Å²) in [5.74, 6) is -1.73. The van der Waals surface area contributed by atoms with Gasteiger partial charge in [0.1, 0.15) is 4.90 Å². The van der Waals surface area contributed by atoms with Crippen LogP contribution in [0.1, 0.15) is 20.7 Å². The lowest BCUT2D eigenvalue weighted by Crippen LogP contribution is -2.12. The number of hydrogen-bond donors (Lipinski definition) is 1. The lowest BCUT2D eigenvalue weighted by Gasteiger charge is -2.00. The van der Waals surface area contributed by atoms with Crippen LogP contribution in [0.15, 0.2) is 23.1 Å². The fourth-order valence-electron chi connectivity index (χ4n) is 1.35. The molecule has 15 heavy (non-hydrogen) atoms. The average Bonchev–Trinajstić information content (AvgIpc) is 2.41. The fourth-order valence-corrected chi connectivity index (χ4v) is 2.06. The number of amides is 2. The van der Waals surface area contributed by atoms with Gasteiger partial charge in [-0.3, -0.25) is 14.1 Å². The third-order valence-corrected chi connectivity index (χ3v) is 2.85. The van der Waals surface area contributed by atoms with Gasteiger partial charge in [-0.05, 0) is 12.1 Å². The normalized spacial score (nSPS) is 15.0. The molecule has 1 N–H and O–H groups in total. The van der Waals surface area contributed by atoms with Crippen molar-refractivity contribution in [3.8, 4) is 0 Å². The number of benzene rings is 1. The zero-order chi connectivity index (χ0) is 11.2. The Labute approximate surface area is 84.7 Å². The van der Waals surface area contributed by atoms with Gasteiger partial charge in [-0.1, -0.05) is 6.07 Å². The minimum atomic E-state index is -4.52. The molecule has 2 rings (SSSR count). The molecule has 0 saturated heterocycles. The predicted molar refractivity (Wildman–Crippen MR) is 47.1 cm³/mol. The van der Waals surface area contributed by atoms with Crippen LogP contribution in [0.5, 0.6) is 0 Å². The Hall–Kier alpha value is -1.73. The maximum absolute atomic E-state index is 11.2. The van der Waals surface area contributed by atoms with Crippen molar-refractivity contribution in [3.05, 3.63) is 29.3 Å². The monoisotopic (exact) mass is 226 g/mol. The van der Waals surface area contributed by atoms with Crippen LogP contribution in [0, 0.1) is 0 Å². The molecular formula is C8H4NO5S. The second-order valence-electron chi connectivity index (χ2n) is 2.88. The minimum absolute atomic E-state index is 0.102. The molecule has 1 radical (unpaired) electrons. The highest BCUT2D eigenvalue weighted by Gasteiger charge is 2.34. The molecule has 1 aliphatic rings. The first-order valence-electron chi connectivity index (χ1n) is 3.82. The summed E-state index contributed by atoms with van der Waals surface area (Å²) in [6.45, 7) is 0. The van der Waals surface area contributed by atoms with Crippen LogP contribution in [0.3, 0.4) is 0 Å². The SMILES string of the molecule is O=C1[N]C(=O)c2c1cccc2S(=O)(=O)O. The highest BCUT2D eigenvalue weighted by Crippen LogP contribution is 2.24. The van der Waals surface area contributed by atoms with E-state index in [2.05, 4.69) is 5.32 Å². The molecule has 0 atom stereocenters. The van der Waals surface area contributed by atoms with Crippen molar-refractivity contribution >= 4 is 21.9 Å². The minimum Gasteiger partial charge on any atom is -0.282 e. The van der Waals surface area contributed by atoms with Gasteiger partial charge in [0.25, 0.3) is 21.9 Å². The number of carbonyl (C=O) groups is 2. The first-order chi connectivity index (χ1) is 6.91. The second-order valence-corrected chi connectivity index (χ2v) is 4.27. The van der Waals surface area contributed by atoms with Gasteiger partial charge in [-0.2, -0.15) is 13.7 Å². The van der Waals surface area contributed by atoms with Crippen LogP contribution in [0.2, 0.25) is 0 Å². The van der Waals surface area contributed by atoms with Crippen molar-refractivity contribution < 1.29 is 22.6 Å². The molecule has 2 amide bonds. The Morgan fingerprint density at radius 3 is 2.40 bits per heavy atom. The van der Waals surface area contributed by atoms with E-state index >= 15 is 0 Å². The maximum atomic E-state index is 11.2. The Balaban J connectivity index is 2.83. The first kappa shape index (κ1) is 9.81. The summed E-state index contributed by atoms with van der Waals surface area (Å²) in [6.07, 6.45) is 0. The third-order valence-electron chi connectivity index (χ3n) is 1.95. The lowest BCUT2D eigenvalue weighted by atomic mass is 10.1. The Bertz CT molecular complexity index is 575.